The van der Waals surface area contributed by atoms with Crippen LogP contribution < -0.4 is 0 Å². The van der Waals surface area contributed by atoms with Crippen LogP contribution in [0.1, 0.15) is 19.3 Å². The van der Waals surface area contributed by atoms with Crippen molar-refractivity contribution in [2.45, 2.75) is 19.3 Å². The van der Waals surface area contributed by atoms with Crippen LogP contribution in [0.25, 0.3) is 0 Å². The fourth-order valence-electron chi connectivity index (χ4n) is 1.54. The molecular weight excluding hydrogens is 126 g/mol. The van der Waals surface area contributed by atoms with Gasteiger partial charge in [0.1, 0.15) is 13.1 Å². The Hall–Kier alpha value is -0.0800. The quantitative estimate of drug-likeness (QED) is 0.566. The average molecular weight is 143 g/mol. The van der Waals surface area contributed by atoms with E-state index in [0.29, 0.717) is 6.61 Å². The molecule has 0 aromatic rings. The highest BCUT2D eigenvalue weighted by Gasteiger charge is 2.24. The minimum Gasteiger partial charge on any atom is -0.391 e. The Kier molecular flexibility index (Phi) is 2.69. The Morgan fingerprint density at radius 2 is 2.30 bits per heavy atom. The van der Waals surface area contributed by atoms with Crippen molar-refractivity contribution in [1.29, 1.82) is 0 Å². The van der Waals surface area contributed by atoms with Gasteiger partial charge < -0.3 is 9.59 Å². The van der Waals surface area contributed by atoms with Crippen molar-refractivity contribution in [2.75, 3.05) is 26.7 Å². The summed E-state index contributed by atoms with van der Waals surface area (Å²) in [5.74, 6) is 0. The molecule has 1 saturated heterocycles. The van der Waals surface area contributed by atoms with E-state index in [-0.39, 0.29) is 0 Å². The van der Waals surface area contributed by atoms with Crippen LogP contribution in [0.5, 0.6) is 0 Å². The number of hydrogen-bond donors (Lipinski definition) is 1. The summed E-state index contributed by atoms with van der Waals surface area (Å²) in [5, 5.41) is 8.75. The molecule has 1 heterocycles. The van der Waals surface area contributed by atoms with Gasteiger partial charge in [-0.1, -0.05) is 0 Å². The van der Waals surface area contributed by atoms with Gasteiger partial charge in [0.25, 0.3) is 0 Å². The maximum atomic E-state index is 8.75. The van der Waals surface area contributed by atoms with Crippen molar-refractivity contribution in [3.63, 3.8) is 0 Å². The predicted molar refractivity (Wildman–Crippen MR) is 41.2 cm³/mol. The van der Waals surface area contributed by atoms with Crippen molar-refractivity contribution in [2.24, 2.45) is 0 Å². The molecule has 0 aromatic carbocycles. The average Bonchev–Trinajstić information content (AvgIpc) is 1.89. The molecule has 1 atom stereocenters. The van der Waals surface area contributed by atoms with E-state index in [1.54, 1.807) is 0 Å². The molecule has 59 valence electrons. The first-order valence-corrected chi connectivity index (χ1v) is 4.06. The summed E-state index contributed by atoms with van der Waals surface area (Å²) in [7, 11) is 2.19. The zero-order valence-corrected chi connectivity index (χ0v) is 6.71. The number of likely N-dealkylation sites (N-methyl/N-ethyl adjacent to an activating group) is 1. The maximum Gasteiger partial charge on any atom is 0.141 e. The summed E-state index contributed by atoms with van der Waals surface area (Å²) in [5.41, 5.74) is 0. The topological polar surface area (TPSA) is 20.2 Å². The molecule has 0 spiro atoms. The third-order valence-electron chi connectivity index (χ3n) is 2.30. The van der Waals surface area contributed by atoms with Gasteiger partial charge in [-0.05, 0) is 12.8 Å². The van der Waals surface area contributed by atoms with Gasteiger partial charge in [-0.25, -0.2) is 0 Å². The molecule has 1 aliphatic rings. The third kappa shape index (κ3) is 1.96. The molecule has 1 rings (SSSR count). The molecule has 0 amide bonds. The van der Waals surface area contributed by atoms with Gasteiger partial charge in [0.15, 0.2) is 0 Å². The summed E-state index contributed by atoms with van der Waals surface area (Å²) in [4.78, 5) is 0. The largest absolute Gasteiger partial charge is 0.391 e. The van der Waals surface area contributed by atoms with E-state index in [4.69, 9.17) is 5.11 Å². The highest BCUT2D eigenvalue weighted by atomic mass is 16.3. The van der Waals surface area contributed by atoms with Crippen LogP contribution in [-0.4, -0.2) is 36.3 Å². The first kappa shape index (κ1) is 8.02. The lowest BCUT2D eigenvalue weighted by molar-refractivity contribution is -0.885. The Labute approximate surface area is 63.1 Å². The molecule has 0 saturated carbocycles. The molecule has 2 heteroatoms. The maximum absolute atomic E-state index is 8.75. The molecule has 0 aliphatic carbocycles. The highest BCUT2D eigenvalue weighted by molar-refractivity contribution is 4.60. The molecule has 0 bridgehead atoms. The molecule has 1 aliphatic heterocycles. The Morgan fingerprint density at radius 3 is 2.80 bits per heavy atom. The smallest absolute Gasteiger partial charge is 0.141 e. The monoisotopic (exact) mass is 143 g/mol. The number of aliphatic hydroxyl groups is 1. The fraction of sp³-hybridized carbons (Fsp3) is 0.875. The summed E-state index contributed by atoms with van der Waals surface area (Å²) < 4.78 is 0.969. The SMILES string of the molecule is C[N+]1(CCO)[CH]CCCC1. The molecule has 10 heavy (non-hydrogen) atoms. The standard InChI is InChI=1S/C8H17NO/c1-9(7-8-10)5-3-2-4-6-9/h5,10H,2-4,6-8H2,1H3/q+1. The van der Waals surface area contributed by atoms with Gasteiger partial charge in [-0.15, -0.1) is 0 Å². The van der Waals surface area contributed by atoms with E-state index in [1.165, 1.54) is 25.8 Å². The molecule has 1 unspecified atom stereocenters. The highest BCUT2D eigenvalue weighted by Crippen LogP contribution is 2.18. The number of hydrogen-bond acceptors (Lipinski definition) is 1. The second-order valence-electron chi connectivity index (χ2n) is 3.33. The lowest BCUT2D eigenvalue weighted by Crippen LogP contribution is -2.46. The number of likely N-dealkylation sites (tertiary alicyclic amines) is 1. The van der Waals surface area contributed by atoms with Crippen molar-refractivity contribution in [3.05, 3.63) is 6.54 Å². The van der Waals surface area contributed by atoms with Gasteiger partial charge in [0, 0.05) is 6.42 Å². The second-order valence-corrected chi connectivity index (χ2v) is 3.33. The van der Waals surface area contributed by atoms with Crippen LogP contribution in [0.3, 0.4) is 0 Å². The number of piperidine rings is 1. The lowest BCUT2D eigenvalue weighted by atomic mass is 10.1. The molecule has 1 radical (unpaired) electrons. The van der Waals surface area contributed by atoms with Crippen LogP contribution in [-0.2, 0) is 0 Å². The summed E-state index contributed by atoms with van der Waals surface area (Å²) in [6.45, 7) is 4.73. The summed E-state index contributed by atoms with van der Waals surface area (Å²) in [6, 6.07) is 0. The molecule has 0 aromatic heterocycles. The number of quaternary nitrogens is 1. The van der Waals surface area contributed by atoms with Crippen LogP contribution >= 0.6 is 0 Å². The minimum absolute atomic E-state index is 0.312. The first-order chi connectivity index (χ1) is 4.77. The van der Waals surface area contributed by atoms with Crippen LogP contribution in [0.4, 0.5) is 0 Å². The number of aliphatic hydroxyl groups excluding tert-OH is 1. The Morgan fingerprint density at radius 1 is 1.50 bits per heavy atom. The van der Waals surface area contributed by atoms with Crippen molar-refractivity contribution in [3.8, 4) is 0 Å². The normalized spacial score (nSPS) is 24.6. The van der Waals surface area contributed by atoms with Crippen molar-refractivity contribution < 1.29 is 9.59 Å². The van der Waals surface area contributed by atoms with Gasteiger partial charge in [-0.3, -0.25) is 0 Å². The van der Waals surface area contributed by atoms with E-state index in [9.17, 15) is 0 Å². The van der Waals surface area contributed by atoms with Gasteiger partial charge in [0.2, 0.25) is 0 Å². The van der Waals surface area contributed by atoms with E-state index >= 15 is 0 Å². The Bertz CT molecular complexity index is 91.9. The van der Waals surface area contributed by atoms with Crippen LogP contribution in [0.15, 0.2) is 0 Å². The lowest BCUT2D eigenvalue weighted by Gasteiger charge is -2.36. The fourth-order valence-corrected chi connectivity index (χ4v) is 1.54. The summed E-state index contributed by atoms with van der Waals surface area (Å²) in [6.07, 6.45) is 3.86. The van der Waals surface area contributed by atoms with E-state index in [1.807, 2.05) is 0 Å². The van der Waals surface area contributed by atoms with E-state index in [2.05, 4.69) is 13.6 Å². The van der Waals surface area contributed by atoms with Gasteiger partial charge in [0.05, 0.1) is 20.2 Å². The first-order valence-electron chi connectivity index (χ1n) is 4.06. The van der Waals surface area contributed by atoms with E-state index < -0.39 is 0 Å². The Balaban J connectivity index is 2.32. The zero-order valence-electron chi connectivity index (χ0n) is 6.71. The third-order valence-corrected chi connectivity index (χ3v) is 2.30. The number of rotatable bonds is 2. The van der Waals surface area contributed by atoms with Gasteiger partial charge in [-0.2, -0.15) is 0 Å². The summed E-state index contributed by atoms with van der Waals surface area (Å²) >= 11 is 0. The number of nitrogens with zero attached hydrogens (tertiary/aromatic N) is 1. The second kappa shape index (κ2) is 3.35. The van der Waals surface area contributed by atoms with Gasteiger partial charge >= 0.3 is 0 Å². The van der Waals surface area contributed by atoms with Crippen molar-refractivity contribution >= 4 is 0 Å². The zero-order chi connectivity index (χ0) is 7.45. The molecule has 2 nitrogen and oxygen atoms in total. The van der Waals surface area contributed by atoms with Crippen molar-refractivity contribution in [1.82, 2.24) is 0 Å². The van der Waals surface area contributed by atoms with E-state index in [0.717, 1.165) is 11.0 Å². The molecule has 1 N–H and O–H groups in total. The van der Waals surface area contributed by atoms with Crippen LogP contribution in [0.2, 0.25) is 0 Å². The molecular formula is C8H17NO+. The molecule has 1 fully saturated rings. The predicted octanol–water partition coefficient (Wildman–Crippen LogP) is 0.771. The minimum atomic E-state index is 0.312. The van der Waals surface area contributed by atoms with Crippen LogP contribution in [0, 0.1) is 6.54 Å².